The highest BCUT2D eigenvalue weighted by molar-refractivity contribution is 5.78. The standard InChI is InChI=1S/C16H14N2O2/c1-19-12-7-8-15(13(17)10-12)20-16-9-6-11-4-2-3-5-14(11)18-16/h2-10H,17H2,1H3. The van der Waals surface area contributed by atoms with Gasteiger partial charge in [-0.2, -0.15) is 0 Å². The van der Waals surface area contributed by atoms with Crippen LogP contribution in [0.15, 0.2) is 54.6 Å². The molecule has 1 heterocycles. The number of nitrogens with zero attached hydrogens (tertiary/aromatic N) is 1. The molecule has 3 aromatic rings. The van der Waals surface area contributed by atoms with Crippen LogP contribution in [0.1, 0.15) is 0 Å². The Morgan fingerprint density at radius 3 is 2.65 bits per heavy atom. The minimum Gasteiger partial charge on any atom is -0.497 e. The topological polar surface area (TPSA) is 57.4 Å². The van der Waals surface area contributed by atoms with Crippen molar-refractivity contribution in [2.24, 2.45) is 0 Å². The van der Waals surface area contributed by atoms with Gasteiger partial charge in [0.2, 0.25) is 5.88 Å². The highest BCUT2D eigenvalue weighted by Crippen LogP contribution is 2.30. The van der Waals surface area contributed by atoms with Gasteiger partial charge in [0.05, 0.1) is 18.3 Å². The van der Waals surface area contributed by atoms with E-state index in [1.807, 2.05) is 36.4 Å². The van der Waals surface area contributed by atoms with Crippen LogP contribution in [0.5, 0.6) is 17.4 Å². The van der Waals surface area contributed by atoms with Crippen molar-refractivity contribution < 1.29 is 9.47 Å². The third kappa shape index (κ3) is 2.36. The molecule has 100 valence electrons. The lowest BCUT2D eigenvalue weighted by atomic mass is 10.2. The van der Waals surface area contributed by atoms with Crippen molar-refractivity contribution in [3.63, 3.8) is 0 Å². The molecule has 0 amide bonds. The van der Waals surface area contributed by atoms with Crippen molar-refractivity contribution >= 4 is 16.6 Å². The van der Waals surface area contributed by atoms with Gasteiger partial charge in [-0.1, -0.05) is 18.2 Å². The molecule has 0 unspecified atom stereocenters. The van der Waals surface area contributed by atoms with Gasteiger partial charge >= 0.3 is 0 Å². The summed E-state index contributed by atoms with van der Waals surface area (Å²) in [5.74, 6) is 1.77. The zero-order valence-electron chi connectivity index (χ0n) is 11.0. The quantitative estimate of drug-likeness (QED) is 0.736. The molecule has 0 saturated heterocycles. The van der Waals surface area contributed by atoms with E-state index in [0.717, 1.165) is 10.9 Å². The fourth-order valence-corrected chi connectivity index (χ4v) is 1.96. The van der Waals surface area contributed by atoms with Crippen LogP contribution >= 0.6 is 0 Å². The number of nitrogen functional groups attached to an aromatic ring is 1. The first-order chi connectivity index (χ1) is 9.76. The molecule has 0 radical (unpaired) electrons. The van der Waals surface area contributed by atoms with Crippen molar-refractivity contribution in [2.45, 2.75) is 0 Å². The molecule has 4 nitrogen and oxygen atoms in total. The van der Waals surface area contributed by atoms with E-state index in [4.69, 9.17) is 15.2 Å². The molecule has 4 heteroatoms. The van der Waals surface area contributed by atoms with Crippen molar-refractivity contribution in [1.29, 1.82) is 0 Å². The van der Waals surface area contributed by atoms with E-state index in [2.05, 4.69) is 4.98 Å². The number of hydrogen-bond donors (Lipinski definition) is 1. The second-order valence-corrected chi connectivity index (χ2v) is 4.35. The van der Waals surface area contributed by atoms with Gasteiger partial charge in [-0.15, -0.1) is 0 Å². The molecule has 0 aliphatic carbocycles. The molecule has 0 aliphatic heterocycles. The molecule has 0 spiro atoms. The number of fused-ring (bicyclic) bond motifs is 1. The van der Waals surface area contributed by atoms with E-state index in [1.165, 1.54) is 0 Å². The van der Waals surface area contributed by atoms with Crippen LogP contribution in [0.4, 0.5) is 5.69 Å². The first-order valence-electron chi connectivity index (χ1n) is 6.23. The Morgan fingerprint density at radius 1 is 1.00 bits per heavy atom. The first kappa shape index (κ1) is 12.3. The van der Waals surface area contributed by atoms with E-state index in [-0.39, 0.29) is 0 Å². The van der Waals surface area contributed by atoms with Crippen LogP contribution in [0.2, 0.25) is 0 Å². The highest BCUT2D eigenvalue weighted by atomic mass is 16.5. The maximum absolute atomic E-state index is 5.92. The summed E-state index contributed by atoms with van der Waals surface area (Å²) in [4.78, 5) is 4.45. The number of nitrogens with two attached hydrogens (primary N) is 1. The van der Waals surface area contributed by atoms with E-state index < -0.39 is 0 Å². The summed E-state index contributed by atoms with van der Waals surface area (Å²) >= 11 is 0. The van der Waals surface area contributed by atoms with Crippen LogP contribution in [0, 0.1) is 0 Å². The Balaban J connectivity index is 1.92. The van der Waals surface area contributed by atoms with Gasteiger partial charge in [-0.25, -0.2) is 4.98 Å². The van der Waals surface area contributed by atoms with Crippen molar-refractivity contribution in [1.82, 2.24) is 4.98 Å². The Bertz CT molecular complexity index is 756. The fraction of sp³-hybridized carbons (Fsp3) is 0.0625. The summed E-state index contributed by atoms with van der Waals surface area (Å²) in [6.07, 6.45) is 0. The Hall–Kier alpha value is -2.75. The second kappa shape index (κ2) is 5.09. The molecule has 3 rings (SSSR count). The summed E-state index contributed by atoms with van der Waals surface area (Å²) in [5, 5.41) is 1.07. The number of anilines is 1. The third-order valence-electron chi connectivity index (χ3n) is 3.00. The molecular weight excluding hydrogens is 252 g/mol. The maximum atomic E-state index is 5.92. The monoisotopic (exact) mass is 266 g/mol. The molecule has 1 aromatic heterocycles. The molecule has 0 fully saturated rings. The van der Waals surface area contributed by atoms with Crippen LogP contribution in [-0.2, 0) is 0 Å². The molecule has 0 saturated carbocycles. The zero-order chi connectivity index (χ0) is 13.9. The van der Waals surface area contributed by atoms with Crippen molar-refractivity contribution in [3.05, 3.63) is 54.6 Å². The summed E-state index contributed by atoms with van der Waals surface area (Å²) in [5.41, 5.74) is 7.32. The molecular formula is C16H14N2O2. The predicted molar refractivity (Wildman–Crippen MR) is 79.2 cm³/mol. The van der Waals surface area contributed by atoms with E-state index in [0.29, 0.717) is 23.1 Å². The molecule has 0 aliphatic rings. The van der Waals surface area contributed by atoms with Crippen LogP contribution < -0.4 is 15.2 Å². The molecule has 20 heavy (non-hydrogen) atoms. The summed E-state index contributed by atoms with van der Waals surface area (Å²) in [6.45, 7) is 0. The fourth-order valence-electron chi connectivity index (χ4n) is 1.96. The van der Waals surface area contributed by atoms with Gasteiger partial charge < -0.3 is 15.2 Å². The summed E-state index contributed by atoms with van der Waals surface area (Å²) < 4.78 is 10.8. The average molecular weight is 266 g/mol. The van der Waals surface area contributed by atoms with Crippen LogP contribution in [0.25, 0.3) is 10.9 Å². The lowest BCUT2D eigenvalue weighted by molar-refractivity contribution is 0.413. The summed E-state index contributed by atoms with van der Waals surface area (Å²) in [7, 11) is 1.60. The van der Waals surface area contributed by atoms with E-state index >= 15 is 0 Å². The minimum absolute atomic E-state index is 0.513. The number of methoxy groups -OCH3 is 1. The smallest absolute Gasteiger partial charge is 0.219 e. The SMILES string of the molecule is COc1ccc(Oc2ccc3ccccc3n2)c(N)c1. The molecule has 2 aromatic carbocycles. The van der Waals surface area contributed by atoms with Crippen LogP contribution in [0.3, 0.4) is 0 Å². The van der Waals surface area contributed by atoms with Gasteiger partial charge in [-0.3, -0.25) is 0 Å². The Labute approximate surface area is 116 Å². The molecule has 0 atom stereocenters. The second-order valence-electron chi connectivity index (χ2n) is 4.35. The van der Waals surface area contributed by atoms with Gasteiger partial charge in [0, 0.05) is 17.5 Å². The first-order valence-corrected chi connectivity index (χ1v) is 6.23. The number of ether oxygens (including phenoxy) is 2. The average Bonchev–Trinajstić information content (AvgIpc) is 2.49. The summed E-state index contributed by atoms with van der Waals surface area (Å²) in [6, 6.07) is 17.0. The number of pyridine rings is 1. The Kier molecular flexibility index (Phi) is 3.13. The van der Waals surface area contributed by atoms with E-state index in [1.54, 1.807) is 25.3 Å². The van der Waals surface area contributed by atoms with Crippen LogP contribution in [-0.4, -0.2) is 12.1 Å². The van der Waals surface area contributed by atoms with Gasteiger partial charge in [0.15, 0.2) is 5.75 Å². The number of hydrogen-bond acceptors (Lipinski definition) is 4. The third-order valence-corrected chi connectivity index (χ3v) is 3.00. The van der Waals surface area contributed by atoms with Crippen molar-refractivity contribution in [3.8, 4) is 17.4 Å². The lowest BCUT2D eigenvalue weighted by Gasteiger charge is -2.09. The predicted octanol–water partition coefficient (Wildman–Crippen LogP) is 3.62. The normalized spacial score (nSPS) is 10.4. The number of benzene rings is 2. The van der Waals surface area contributed by atoms with E-state index in [9.17, 15) is 0 Å². The number of para-hydroxylation sites is 1. The highest BCUT2D eigenvalue weighted by Gasteiger charge is 2.05. The molecule has 2 N–H and O–H groups in total. The van der Waals surface area contributed by atoms with Gasteiger partial charge in [0.25, 0.3) is 0 Å². The zero-order valence-corrected chi connectivity index (χ0v) is 11.0. The number of rotatable bonds is 3. The number of aromatic nitrogens is 1. The Morgan fingerprint density at radius 2 is 1.85 bits per heavy atom. The lowest BCUT2D eigenvalue weighted by Crippen LogP contribution is -1.95. The maximum Gasteiger partial charge on any atom is 0.219 e. The molecule has 0 bridgehead atoms. The minimum atomic E-state index is 0.513. The van der Waals surface area contributed by atoms with Gasteiger partial charge in [0.1, 0.15) is 5.75 Å². The largest absolute Gasteiger partial charge is 0.497 e. The van der Waals surface area contributed by atoms with Gasteiger partial charge in [-0.05, 0) is 24.3 Å². The van der Waals surface area contributed by atoms with Crippen molar-refractivity contribution in [2.75, 3.05) is 12.8 Å².